The van der Waals surface area contributed by atoms with Crippen LogP contribution in [0.4, 0.5) is 5.00 Å². The summed E-state index contributed by atoms with van der Waals surface area (Å²) in [5.74, 6) is -2.20. The fraction of sp³-hybridized carbons (Fsp3) is 0.318. The van der Waals surface area contributed by atoms with Crippen LogP contribution in [0.15, 0.2) is 24.3 Å². The molecule has 0 atom stereocenters. The molecule has 0 saturated carbocycles. The van der Waals surface area contributed by atoms with Crippen LogP contribution in [0.5, 0.6) is 0 Å². The zero-order valence-electron chi connectivity index (χ0n) is 18.4. The number of aromatic nitrogens is 1. The summed E-state index contributed by atoms with van der Waals surface area (Å²) in [4.78, 5) is 53.6. The van der Waals surface area contributed by atoms with Crippen LogP contribution in [0.2, 0.25) is 0 Å². The van der Waals surface area contributed by atoms with E-state index in [0.717, 1.165) is 26.6 Å². The van der Waals surface area contributed by atoms with Gasteiger partial charge < -0.3 is 20.1 Å². The predicted molar refractivity (Wildman–Crippen MR) is 126 cm³/mol. The Bertz CT molecular complexity index is 1170. The number of esters is 2. The first-order valence-electron chi connectivity index (χ1n) is 10.2. The summed E-state index contributed by atoms with van der Waals surface area (Å²) >= 11 is 2.46. The Morgan fingerprint density at radius 3 is 2.55 bits per heavy atom. The van der Waals surface area contributed by atoms with Crippen LogP contribution in [0.25, 0.3) is 10.2 Å². The molecule has 0 aliphatic carbocycles. The minimum atomic E-state index is -0.649. The van der Waals surface area contributed by atoms with Gasteiger partial charge in [0.15, 0.2) is 6.61 Å². The molecule has 0 aliphatic heterocycles. The average molecular weight is 490 g/mol. The second-order valence-electron chi connectivity index (χ2n) is 6.84. The molecule has 2 N–H and O–H groups in total. The number of nitrogens with zero attached hydrogens (tertiary/aromatic N) is 1. The Kier molecular flexibility index (Phi) is 8.12. The van der Waals surface area contributed by atoms with Gasteiger partial charge in [0.25, 0.3) is 11.8 Å². The van der Waals surface area contributed by atoms with E-state index in [1.54, 1.807) is 13.8 Å². The fourth-order valence-electron chi connectivity index (χ4n) is 3.00. The number of para-hydroxylation sites is 1. The van der Waals surface area contributed by atoms with Crippen molar-refractivity contribution in [1.29, 1.82) is 0 Å². The lowest BCUT2D eigenvalue weighted by Crippen LogP contribution is -2.22. The summed E-state index contributed by atoms with van der Waals surface area (Å²) in [7, 11) is 1.47. The number of hydrogen-bond donors (Lipinski definition) is 2. The second kappa shape index (κ2) is 11.0. The number of ether oxygens (including phenoxy) is 2. The summed E-state index contributed by atoms with van der Waals surface area (Å²) in [6.07, 6.45) is 0.493. The number of anilines is 1. The second-order valence-corrected chi connectivity index (χ2v) is 8.98. The molecule has 0 aliphatic rings. The lowest BCUT2D eigenvalue weighted by atomic mass is 10.1. The number of aryl methyl sites for hydroxylation is 1. The van der Waals surface area contributed by atoms with Crippen molar-refractivity contribution < 1.29 is 28.7 Å². The van der Waals surface area contributed by atoms with Crippen molar-refractivity contribution in [2.75, 3.05) is 25.6 Å². The van der Waals surface area contributed by atoms with Gasteiger partial charge in [-0.05, 0) is 31.5 Å². The normalized spacial score (nSPS) is 10.6. The van der Waals surface area contributed by atoms with Crippen LogP contribution in [0, 0.1) is 6.92 Å². The van der Waals surface area contributed by atoms with Gasteiger partial charge in [-0.25, -0.2) is 9.78 Å². The van der Waals surface area contributed by atoms with Crippen molar-refractivity contribution in [3.05, 3.63) is 45.3 Å². The SMILES string of the molecule is CCOC(=O)c1c(NC(=O)COC(=O)CCc2nc3ccccc3s2)sc(C(=O)NC)c1C. The number of thiazole rings is 1. The summed E-state index contributed by atoms with van der Waals surface area (Å²) in [6.45, 7) is 2.88. The minimum absolute atomic E-state index is 0.0834. The maximum Gasteiger partial charge on any atom is 0.341 e. The van der Waals surface area contributed by atoms with E-state index in [1.165, 1.54) is 18.4 Å². The van der Waals surface area contributed by atoms with E-state index in [0.29, 0.717) is 12.0 Å². The van der Waals surface area contributed by atoms with Crippen molar-refractivity contribution in [3.63, 3.8) is 0 Å². The topological polar surface area (TPSA) is 124 Å². The Hall–Kier alpha value is -3.31. The van der Waals surface area contributed by atoms with E-state index in [2.05, 4.69) is 15.6 Å². The van der Waals surface area contributed by atoms with Crippen molar-refractivity contribution in [2.24, 2.45) is 0 Å². The zero-order chi connectivity index (χ0) is 24.0. The molecule has 3 aromatic rings. The zero-order valence-corrected chi connectivity index (χ0v) is 20.0. The summed E-state index contributed by atoms with van der Waals surface area (Å²) in [5, 5.41) is 6.02. The van der Waals surface area contributed by atoms with Gasteiger partial charge in [0, 0.05) is 13.5 Å². The summed E-state index contributed by atoms with van der Waals surface area (Å²) < 4.78 is 11.1. The maximum absolute atomic E-state index is 12.4. The molecule has 0 spiro atoms. The first kappa shape index (κ1) is 24.3. The average Bonchev–Trinajstić information content (AvgIpc) is 3.36. The minimum Gasteiger partial charge on any atom is -0.462 e. The summed E-state index contributed by atoms with van der Waals surface area (Å²) in [6, 6.07) is 7.70. The van der Waals surface area contributed by atoms with E-state index >= 15 is 0 Å². The molecule has 0 fully saturated rings. The van der Waals surface area contributed by atoms with Gasteiger partial charge in [-0.1, -0.05) is 12.1 Å². The van der Waals surface area contributed by atoms with E-state index in [-0.39, 0.29) is 34.4 Å². The monoisotopic (exact) mass is 489 g/mol. The van der Waals surface area contributed by atoms with Gasteiger partial charge in [-0.2, -0.15) is 0 Å². The molecule has 11 heteroatoms. The van der Waals surface area contributed by atoms with E-state index in [9.17, 15) is 19.2 Å². The van der Waals surface area contributed by atoms with Crippen molar-refractivity contribution in [1.82, 2.24) is 10.3 Å². The number of benzene rings is 1. The number of amides is 2. The number of fused-ring (bicyclic) bond motifs is 1. The highest BCUT2D eigenvalue weighted by Crippen LogP contribution is 2.33. The molecule has 0 unspecified atom stereocenters. The molecular formula is C22H23N3O6S2. The highest BCUT2D eigenvalue weighted by Gasteiger charge is 2.26. The van der Waals surface area contributed by atoms with E-state index in [4.69, 9.17) is 9.47 Å². The highest BCUT2D eigenvalue weighted by molar-refractivity contribution is 7.19. The number of rotatable bonds is 9. The third-order valence-corrected chi connectivity index (χ3v) is 6.86. The fourth-order valence-corrected chi connectivity index (χ4v) is 5.12. The van der Waals surface area contributed by atoms with Crippen LogP contribution in [-0.2, 0) is 25.5 Å². The molecule has 174 valence electrons. The quantitative estimate of drug-likeness (QED) is 0.442. The molecule has 9 nitrogen and oxygen atoms in total. The molecular weight excluding hydrogens is 466 g/mol. The Morgan fingerprint density at radius 2 is 1.85 bits per heavy atom. The molecule has 33 heavy (non-hydrogen) atoms. The lowest BCUT2D eigenvalue weighted by Gasteiger charge is -2.07. The molecule has 2 heterocycles. The Balaban J connectivity index is 1.58. The first-order valence-corrected chi connectivity index (χ1v) is 11.8. The van der Waals surface area contributed by atoms with E-state index in [1.807, 2.05) is 24.3 Å². The molecule has 2 aromatic heterocycles. The molecule has 0 bridgehead atoms. The van der Waals surface area contributed by atoms with E-state index < -0.39 is 24.5 Å². The number of thiophene rings is 1. The van der Waals surface area contributed by atoms with Crippen molar-refractivity contribution in [2.45, 2.75) is 26.7 Å². The van der Waals surface area contributed by atoms with Gasteiger partial charge in [0.1, 0.15) is 5.00 Å². The van der Waals surface area contributed by atoms with Gasteiger partial charge in [0.2, 0.25) is 0 Å². The Labute approximate surface area is 198 Å². The van der Waals surface area contributed by atoms with Crippen LogP contribution in [0.3, 0.4) is 0 Å². The predicted octanol–water partition coefficient (Wildman–Crippen LogP) is 3.32. The standard InChI is InChI=1S/C22H23N3O6S2/c1-4-30-22(29)18-12(2)19(20(28)23-3)33-21(18)25-15(26)11-31-17(27)10-9-16-24-13-7-5-6-8-14(13)32-16/h5-8H,4,9-11H2,1-3H3,(H,23,28)(H,25,26). The Morgan fingerprint density at radius 1 is 1.09 bits per heavy atom. The molecule has 0 radical (unpaired) electrons. The molecule has 1 aromatic carbocycles. The highest BCUT2D eigenvalue weighted by atomic mass is 32.1. The molecule has 2 amide bonds. The molecule has 0 saturated heterocycles. The van der Waals surface area contributed by atoms with Gasteiger partial charge in [0.05, 0.1) is 38.7 Å². The number of carbonyl (C=O) groups is 4. The summed E-state index contributed by atoms with van der Waals surface area (Å²) in [5.41, 5.74) is 1.39. The third kappa shape index (κ3) is 5.93. The molecule has 3 rings (SSSR count). The van der Waals surface area contributed by atoms with Gasteiger partial charge in [-0.15, -0.1) is 22.7 Å². The number of hydrogen-bond acceptors (Lipinski definition) is 9. The number of carbonyl (C=O) groups excluding carboxylic acids is 4. The van der Waals surface area contributed by atoms with Crippen LogP contribution >= 0.6 is 22.7 Å². The van der Waals surface area contributed by atoms with Crippen LogP contribution in [-0.4, -0.2) is 49.0 Å². The largest absolute Gasteiger partial charge is 0.462 e. The van der Waals surface area contributed by atoms with Gasteiger partial charge in [-0.3, -0.25) is 14.4 Å². The maximum atomic E-state index is 12.4. The van der Waals surface area contributed by atoms with Crippen LogP contribution < -0.4 is 10.6 Å². The smallest absolute Gasteiger partial charge is 0.341 e. The number of nitrogens with one attached hydrogen (secondary N) is 2. The van der Waals surface area contributed by atoms with Crippen LogP contribution in [0.1, 0.15) is 43.9 Å². The lowest BCUT2D eigenvalue weighted by molar-refractivity contribution is -0.147. The van der Waals surface area contributed by atoms with Gasteiger partial charge >= 0.3 is 11.9 Å². The van der Waals surface area contributed by atoms with Crippen molar-refractivity contribution in [3.8, 4) is 0 Å². The third-order valence-electron chi connectivity index (χ3n) is 4.56. The first-order chi connectivity index (χ1) is 15.8. The van der Waals surface area contributed by atoms with Crippen molar-refractivity contribution >= 4 is 61.6 Å².